The molecule has 0 radical (unpaired) electrons. The van der Waals surface area contributed by atoms with Gasteiger partial charge in [-0.1, -0.05) is 143 Å². The Morgan fingerprint density at radius 3 is 2.23 bits per heavy atom. The Labute approximate surface area is 416 Å². The van der Waals surface area contributed by atoms with Crippen molar-refractivity contribution in [1.29, 1.82) is 0 Å². The number of ketones is 3. The van der Waals surface area contributed by atoms with Gasteiger partial charge in [-0.3, -0.25) is 9.59 Å². The van der Waals surface area contributed by atoms with Crippen molar-refractivity contribution in [2.45, 2.75) is 194 Å². The zero-order valence-electron chi connectivity index (χ0n) is 43.2. The first-order valence-corrected chi connectivity index (χ1v) is 27.7. The highest BCUT2D eigenvalue weighted by molar-refractivity contribution is 6.08. The van der Waals surface area contributed by atoms with Gasteiger partial charge in [-0.15, -0.1) is 0 Å². The molecule has 69 heavy (non-hydrogen) atoms. The topological polar surface area (TPSA) is 60.4 Å². The van der Waals surface area contributed by atoms with Gasteiger partial charge >= 0.3 is 0 Å². The highest BCUT2D eigenvalue weighted by Gasteiger charge is 2.49. The Bertz CT molecular complexity index is 2380. The van der Waals surface area contributed by atoms with E-state index in [1.54, 1.807) is 18.1 Å². The van der Waals surface area contributed by atoms with Crippen LogP contribution in [0.3, 0.4) is 0 Å². The van der Waals surface area contributed by atoms with Crippen molar-refractivity contribution in [2.75, 3.05) is 0 Å². The van der Waals surface area contributed by atoms with Gasteiger partial charge < -0.3 is 9.53 Å². The second-order valence-corrected chi connectivity index (χ2v) is 22.8. The lowest BCUT2D eigenvalue weighted by Gasteiger charge is -2.40. The molecule has 8 rings (SSSR count). The molecule has 2 bridgehead atoms. The van der Waals surface area contributed by atoms with E-state index in [1.807, 2.05) is 6.92 Å². The molecule has 4 nitrogen and oxygen atoms in total. The summed E-state index contributed by atoms with van der Waals surface area (Å²) >= 11 is 0. The van der Waals surface area contributed by atoms with Crippen LogP contribution in [0.4, 0.5) is 0 Å². The van der Waals surface area contributed by atoms with E-state index >= 15 is 0 Å². The van der Waals surface area contributed by atoms with Gasteiger partial charge in [-0.25, -0.2) is 0 Å². The number of fused-ring (bicyclic) bond motifs is 2. The summed E-state index contributed by atoms with van der Waals surface area (Å²) in [6, 6.07) is 32.2. The third-order valence-electron chi connectivity index (χ3n) is 17.9. The first-order chi connectivity index (χ1) is 33.4. The number of benzene rings is 4. The number of aryl methyl sites for hydroxylation is 3. The molecule has 4 aliphatic rings. The molecule has 5 atom stereocenters. The van der Waals surface area contributed by atoms with E-state index < -0.39 is 5.41 Å². The number of allylic oxidation sites excluding steroid dienone is 1. The molecule has 3 unspecified atom stereocenters. The summed E-state index contributed by atoms with van der Waals surface area (Å²) in [6.07, 6.45) is 22.6. The van der Waals surface area contributed by atoms with Crippen molar-refractivity contribution in [2.24, 2.45) is 35.0 Å². The van der Waals surface area contributed by atoms with Crippen molar-refractivity contribution in [3.63, 3.8) is 0 Å². The number of rotatable bonds is 24. The normalized spacial score (nSPS) is 23.2. The van der Waals surface area contributed by atoms with E-state index in [-0.39, 0.29) is 23.3 Å². The van der Waals surface area contributed by atoms with Gasteiger partial charge in [-0.2, -0.15) is 0 Å². The minimum atomic E-state index is -0.784. The Balaban J connectivity index is 0.892. The molecule has 0 heterocycles. The smallest absolute Gasteiger partial charge is 0.147 e. The Kier molecular flexibility index (Phi) is 17.3. The van der Waals surface area contributed by atoms with Crippen LogP contribution in [0.15, 0.2) is 97.1 Å². The maximum absolute atomic E-state index is 13.9. The zero-order chi connectivity index (χ0) is 48.5. The van der Waals surface area contributed by atoms with Gasteiger partial charge in [-0.05, 0) is 197 Å². The molecular formula is C65H84O4. The van der Waals surface area contributed by atoms with Gasteiger partial charge in [0.05, 0.1) is 5.41 Å². The minimum absolute atomic E-state index is 0.0103. The van der Waals surface area contributed by atoms with Crippen LogP contribution in [0.2, 0.25) is 0 Å². The van der Waals surface area contributed by atoms with Crippen molar-refractivity contribution < 1.29 is 19.1 Å². The van der Waals surface area contributed by atoms with Gasteiger partial charge in [0.15, 0.2) is 0 Å². The molecule has 0 spiro atoms. The van der Waals surface area contributed by atoms with Gasteiger partial charge in [0, 0.05) is 24.8 Å². The number of carbonyl (C=O) groups excluding carboxylic acids is 3. The largest absolute Gasteiger partial charge is 0.488 e. The van der Waals surface area contributed by atoms with E-state index in [0.29, 0.717) is 57.0 Å². The Morgan fingerprint density at radius 1 is 0.768 bits per heavy atom. The van der Waals surface area contributed by atoms with Crippen LogP contribution in [-0.2, 0) is 33.8 Å². The first-order valence-electron chi connectivity index (χ1n) is 27.7. The summed E-state index contributed by atoms with van der Waals surface area (Å²) < 4.78 is 6.68. The monoisotopic (exact) mass is 929 g/mol. The first kappa shape index (κ1) is 50.8. The molecule has 0 aliphatic heterocycles. The molecule has 4 aliphatic carbocycles. The number of hydrogen-bond acceptors (Lipinski definition) is 4. The third kappa shape index (κ3) is 12.5. The van der Waals surface area contributed by atoms with Crippen LogP contribution >= 0.6 is 0 Å². The number of ether oxygens (including phenoxy) is 1. The lowest BCUT2D eigenvalue weighted by Crippen LogP contribution is -2.45. The number of hydrogen-bond donors (Lipinski definition) is 0. The summed E-state index contributed by atoms with van der Waals surface area (Å²) in [5, 5.41) is 0. The maximum atomic E-state index is 13.9. The van der Waals surface area contributed by atoms with Crippen LogP contribution in [0.5, 0.6) is 5.75 Å². The Morgan fingerprint density at radius 2 is 1.52 bits per heavy atom. The molecule has 4 aromatic rings. The van der Waals surface area contributed by atoms with E-state index in [2.05, 4.69) is 112 Å². The SMILES string of the molecule is C=C(Cc1ccc(COc2ccc(C)cc2-c2ccc(C)c(C3CC4CCC(C3)C4c3cccc(CCCC4CCCC[C@H]4C)c3)c2)cc1)[C@H](CCCCC(C)=O)CC(=O)C1(C(=O)CCC)CCC1. The molecule has 4 saturated carbocycles. The van der Waals surface area contributed by atoms with E-state index in [1.165, 1.54) is 92.9 Å². The predicted molar refractivity (Wildman–Crippen MR) is 285 cm³/mol. The second kappa shape index (κ2) is 23.6. The maximum Gasteiger partial charge on any atom is 0.147 e. The van der Waals surface area contributed by atoms with Gasteiger partial charge in [0.1, 0.15) is 29.7 Å². The van der Waals surface area contributed by atoms with Crippen LogP contribution in [0.25, 0.3) is 11.1 Å². The van der Waals surface area contributed by atoms with Crippen LogP contribution < -0.4 is 4.74 Å². The van der Waals surface area contributed by atoms with Crippen LogP contribution in [0, 0.1) is 48.9 Å². The van der Waals surface area contributed by atoms with Crippen LogP contribution in [-0.4, -0.2) is 17.3 Å². The van der Waals surface area contributed by atoms with Crippen molar-refractivity contribution in [1.82, 2.24) is 0 Å². The molecule has 4 aromatic carbocycles. The highest BCUT2D eigenvalue weighted by Crippen LogP contribution is 2.57. The standard InChI is InChI=1S/C65H84O4/c1-7-15-62(67)65(34-14-35-65)63(68)42-53(21-11-9-17-48(6)66)47(5)37-50-26-28-51(29-27-50)43-69-61-33-24-44(2)36-60(61)54-30-25-46(4)59(41-54)58-39-56-31-32-57(40-58)64(56)55-23-13-19-49(38-55)18-12-22-52-20-10-8-16-45(52)3/h13,19,23-30,33,36,38,41,45,52-53,56-58,64H,5,7-12,14-18,20-22,31-32,34-35,37,39-40,42-43H2,1-4,6H3/t45-,52?,53-,56?,57?,58?,64?/m1/s1. The lowest BCUT2D eigenvalue weighted by atomic mass is 9.61. The van der Waals surface area contributed by atoms with Crippen LogP contribution in [0.1, 0.15) is 200 Å². The molecule has 4 fully saturated rings. The average molecular weight is 929 g/mol. The molecular weight excluding hydrogens is 845 g/mol. The van der Waals surface area contributed by atoms with E-state index in [0.717, 1.165) is 83.8 Å². The summed E-state index contributed by atoms with van der Waals surface area (Å²) in [4.78, 5) is 38.7. The number of unbranched alkanes of at least 4 members (excludes halogenated alkanes) is 1. The van der Waals surface area contributed by atoms with E-state index in [9.17, 15) is 14.4 Å². The number of Topliss-reactive ketones (excluding diaryl/α,β-unsaturated/α-hetero) is 3. The minimum Gasteiger partial charge on any atom is -0.488 e. The van der Waals surface area contributed by atoms with Gasteiger partial charge in [0.25, 0.3) is 0 Å². The molecule has 4 heteroatoms. The summed E-state index contributed by atoms with van der Waals surface area (Å²) in [7, 11) is 0. The van der Waals surface area contributed by atoms with Crippen molar-refractivity contribution in [3.05, 3.63) is 136 Å². The summed E-state index contributed by atoms with van der Waals surface area (Å²) in [6.45, 7) is 15.6. The lowest BCUT2D eigenvalue weighted by molar-refractivity contribution is -0.147. The molecule has 0 saturated heterocycles. The average Bonchev–Trinajstić information content (AvgIpc) is 3.59. The zero-order valence-corrected chi connectivity index (χ0v) is 43.2. The fourth-order valence-electron chi connectivity index (χ4n) is 13.6. The fraction of sp³-hybridized carbons (Fsp3) is 0.554. The highest BCUT2D eigenvalue weighted by atomic mass is 16.5. The molecule has 0 aromatic heterocycles. The number of carbonyl (C=O) groups is 3. The Hall–Kier alpha value is -4.57. The third-order valence-corrected chi connectivity index (χ3v) is 17.9. The molecule has 0 N–H and O–H groups in total. The molecule has 0 amide bonds. The summed E-state index contributed by atoms with van der Waals surface area (Å²) in [5.41, 5.74) is 12.2. The molecule has 368 valence electrons. The predicted octanol–water partition coefficient (Wildman–Crippen LogP) is 16.7. The fourth-order valence-corrected chi connectivity index (χ4v) is 13.6. The van der Waals surface area contributed by atoms with Gasteiger partial charge in [0.2, 0.25) is 0 Å². The van der Waals surface area contributed by atoms with Crippen molar-refractivity contribution >= 4 is 17.3 Å². The second-order valence-electron chi connectivity index (χ2n) is 22.8. The quantitative estimate of drug-likeness (QED) is 0.0399. The summed E-state index contributed by atoms with van der Waals surface area (Å²) in [5.74, 6) is 5.94. The van der Waals surface area contributed by atoms with E-state index in [4.69, 9.17) is 4.74 Å². The van der Waals surface area contributed by atoms with Crippen molar-refractivity contribution in [3.8, 4) is 16.9 Å².